The van der Waals surface area contributed by atoms with Crippen LogP contribution in [0.4, 0.5) is 11.4 Å². The van der Waals surface area contributed by atoms with Crippen LogP contribution in [-0.2, 0) is 0 Å². The Morgan fingerprint density at radius 3 is 2.55 bits per heavy atom. The SMILES string of the molecule is Cc1ccccc1C(C)Nc1ccc([N+](=O)[O-])c(I)c1. The van der Waals surface area contributed by atoms with E-state index in [4.69, 9.17) is 0 Å². The maximum Gasteiger partial charge on any atom is 0.282 e. The minimum absolute atomic E-state index is 0.139. The molecule has 0 spiro atoms. The molecule has 20 heavy (non-hydrogen) atoms. The Morgan fingerprint density at radius 2 is 1.95 bits per heavy atom. The highest BCUT2D eigenvalue weighted by Crippen LogP contribution is 2.27. The minimum atomic E-state index is -0.365. The average Bonchev–Trinajstić information content (AvgIpc) is 2.38. The van der Waals surface area contributed by atoms with Crippen LogP contribution in [0.25, 0.3) is 0 Å². The van der Waals surface area contributed by atoms with E-state index in [9.17, 15) is 10.1 Å². The van der Waals surface area contributed by atoms with Gasteiger partial charge in [-0.05, 0) is 59.7 Å². The van der Waals surface area contributed by atoms with Crippen molar-refractivity contribution in [3.63, 3.8) is 0 Å². The molecule has 0 heterocycles. The number of halogens is 1. The van der Waals surface area contributed by atoms with Gasteiger partial charge in [-0.15, -0.1) is 0 Å². The van der Waals surface area contributed by atoms with Crippen molar-refractivity contribution in [2.45, 2.75) is 19.9 Å². The summed E-state index contributed by atoms with van der Waals surface area (Å²) in [6, 6.07) is 13.4. The summed E-state index contributed by atoms with van der Waals surface area (Å²) in [6.07, 6.45) is 0. The van der Waals surface area contributed by atoms with Crippen LogP contribution in [0.3, 0.4) is 0 Å². The molecule has 1 unspecified atom stereocenters. The second kappa shape index (κ2) is 6.21. The molecule has 2 aromatic rings. The topological polar surface area (TPSA) is 55.2 Å². The monoisotopic (exact) mass is 382 g/mol. The van der Waals surface area contributed by atoms with Crippen molar-refractivity contribution in [2.75, 3.05) is 5.32 Å². The standard InChI is InChI=1S/C15H15IN2O2/c1-10-5-3-4-6-13(10)11(2)17-12-7-8-15(18(19)20)14(16)9-12/h3-9,11,17H,1-2H3. The zero-order chi connectivity index (χ0) is 14.7. The number of rotatable bonds is 4. The van der Waals surface area contributed by atoms with E-state index < -0.39 is 0 Å². The van der Waals surface area contributed by atoms with Crippen LogP contribution >= 0.6 is 22.6 Å². The number of nitrogens with zero attached hydrogens (tertiary/aromatic N) is 1. The van der Waals surface area contributed by atoms with E-state index in [0.29, 0.717) is 3.57 Å². The Morgan fingerprint density at radius 1 is 1.25 bits per heavy atom. The highest BCUT2D eigenvalue weighted by Gasteiger charge is 2.13. The van der Waals surface area contributed by atoms with Gasteiger partial charge in [0.05, 0.1) is 8.49 Å². The van der Waals surface area contributed by atoms with E-state index in [1.165, 1.54) is 17.2 Å². The van der Waals surface area contributed by atoms with Crippen LogP contribution in [0.2, 0.25) is 0 Å². The Hall–Kier alpha value is -1.63. The van der Waals surface area contributed by atoms with E-state index in [1.807, 2.05) is 34.7 Å². The van der Waals surface area contributed by atoms with E-state index in [-0.39, 0.29) is 16.7 Å². The first-order chi connectivity index (χ1) is 9.49. The number of nitrogens with one attached hydrogen (secondary N) is 1. The molecular formula is C15H15IN2O2. The predicted molar refractivity (Wildman–Crippen MR) is 89.0 cm³/mol. The first-order valence-electron chi connectivity index (χ1n) is 6.25. The van der Waals surface area contributed by atoms with Gasteiger partial charge in [0.25, 0.3) is 5.69 Å². The van der Waals surface area contributed by atoms with Crippen molar-refractivity contribution >= 4 is 34.0 Å². The molecular weight excluding hydrogens is 367 g/mol. The summed E-state index contributed by atoms with van der Waals surface area (Å²) < 4.78 is 0.634. The summed E-state index contributed by atoms with van der Waals surface area (Å²) in [5.74, 6) is 0. The number of hydrogen-bond donors (Lipinski definition) is 1. The third-order valence-electron chi connectivity index (χ3n) is 3.18. The van der Waals surface area contributed by atoms with E-state index >= 15 is 0 Å². The normalized spacial score (nSPS) is 11.9. The Labute approximate surface area is 131 Å². The highest BCUT2D eigenvalue weighted by molar-refractivity contribution is 14.1. The van der Waals surface area contributed by atoms with Crippen molar-refractivity contribution in [1.82, 2.24) is 0 Å². The summed E-state index contributed by atoms with van der Waals surface area (Å²) in [5.41, 5.74) is 3.47. The summed E-state index contributed by atoms with van der Waals surface area (Å²) in [7, 11) is 0. The van der Waals surface area contributed by atoms with Crippen LogP contribution in [0.1, 0.15) is 24.1 Å². The molecule has 0 aliphatic heterocycles. The Balaban J connectivity index is 2.20. The van der Waals surface area contributed by atoms with Gasteiger partial charge < -0.3 is 5.32 Å². The zero-order valence-electron chi connectivity index (χ0n) is 11.3. The lowest BCUT2D eigenvalue weighted by Crippen LogP contribution is -2.08. The highest BCUT2D eigenvalue weighted by atomic mass is 127. The van der Waals surface area contributed by atoms with Gasteiger partial charge in [0, 0.05) is 17.8 Å². The molecule has 5 heteroatoms. The number of nitro benzene ring substituents is 1. The van der Waals surface area contributed by atoms with Crippen LogP contribution in [0.5, 0.6) is 0 Å². The number of nitro groups is 1. The minimum Gasteiger partial charge on any atom is -0.378 e. The van der Waals surface area contributed by atoms with Gasteiger partial charge in [-0.25, -0.2) is 0 Å². The van der Waals surface area contributed by atoms with Crippen LogP contribution < -0.4 is 5.32 Å². The largest absolute Gasteiger partial charge is 0.378 e. The lowest BCUT2D eigenvalue weighted by Gasteiger charge is -2.18. The maximum absolute atomic E-state index is 10.8. The quantitative estimate of drug-likeness (QED) is 0.475. The van der Waals surface area contributed by atoms with E-state index in [0.717, 1.165) is 5.69 Å². The molecule has 0 aromatic heterocycles. The van der Waals surface area contributed by atoms with Crippen LogP contribution in [0, 0.1) is 20.6 Å². The molecule has 4 nitrogen and oxygen atoms in total. The van der Waals surface area contributed by atoms with Gasteiger partial charge in [-0.1, -0.05) is 24.3 Å². The lowest BCUT2D eigenvalue weighted by atomic mass is 10.0. The molecule has 0 radical (unpaired) electrons. The number of aryl methyl sites for hydroxylation is 1. The molecule has 2 rings (SSSR count). The second-order valence-electron chi connectivity index (χ2n) is 4.65. The predicted octanol–water partition coefficient (Wildman–Crippen LogP) is 4.68. The fourth-order valence-electron chi connectivity index (χ4n) is 2.15. The third-order valence-corrected chi connectivity index (χ3v) is 4.05. The van der Waals surface area contributed by atoms with Gasteiger partial charge in [0.15, 0.2) is 0 Å². The van der Waals surface area contributed by atoms with Crippen molar-refractivity contribution in [2.24, 2.45) is 0 Å². The number of benzene rings is 2. The van der Waals surface area contributed by atoms with Crippen molar-refractivity contribution in [1.29, 1.82) is 0 Å². The fourth-order valence-corrected chi connectivity index (χ4v) is 2.86. The molecule has 0 bridgehead atoms. The molecule has 2 aromatic carbocycles. The smallest absolute Gasteiger partial charge is 0.282 e. The van der Waals surface area contributed by atoms with Gasteiger partial charge in [-0.3, -0.25) is 10.1 Å². The third kappa shape index (κ3) is 3.27. The second-order valence-corrected chi connectivity index (χ2v) is 5.81. The first kappa shape index (κ1) is 14.8. The molecule has 0 fully saturated rings. The molecule has 0 amide bonds. The summed E-state index contributed by atoms with van der Waals surface area (Å²) >= 11 is 1.99. The van der Waals surface area contributed by atoms with E-state index in [1.54, 1.807) is 12.1 Å². The van der Waals surface area contributed by atoms with Crippen molar-refractivity contribution in [3.05, 3.63) is 67.3 Å². The Bertz CT molecular complexity index is 644. The van der Waals surface area contributed by atoms with Crippen molar-refractivity contribution in [3.8, 4) is 0 Å². The van der Waals surface area contributed by atoms with Gasteiger partial charge in [-0.2, -0.15) is 0 Å². The van der Waals surface area contributed by atoms with Crippen molar-refractivity contribution < 1.29 is 4.92 Å². The first-order valence-corrected chi connectivity index (χ1v) is 7.33. The van der Waals surface area contributed by atoms with Crippen LogP contribution in [0.15, 0.2) is 42.5 Å². The molecule has 0 aliphatic rings. The van der Waals surface area contributed by atoms with Gasteiger partial charge in [0.1, 0.15) is 0 Å². The maximum atomic E-state index is 10.8. The number of anilines is 1. The van der Waals surface area contributed by atoms with E-state index in [2.05, 4.69) is 31.3 Å². The van der Waals surface area contributed by atoms with Gasteiger partial charge in [0.2, 0.25) is 0 Å². The number of hydrogen-bond acceptors (Lipinski definition) is 3. The fraction of sp³-hybridized carbons (Fsp3) is 0.200. The zero-order valence-corrected chi connectivity index (χ0v) is 13.4. The van der Waals surface area contributed by atoms with Crippen LogP contribution in [-0.4, -0.2) is 4.92 Å². The molecule has 0 aliphatic carbocycles. The van der Waals surface area contributed by atoms with Gasteiger partial charge >= 0.3 is 0 Å². The molecule has 0 saturated carbocycles. The molecule has 1 N–H and O–H groups in total. The molecule has 0 saturated heterocycles. The summed E-state index contributed by atoms with van der Waals surface area (Å²) in [4.78, 5) is 10.4. The summed E-state index contributed by atoms with van der Waals surface area (Å²) in [5, 5.41) is 14.2. The Kier molecular flexibility index (Phi) is 4.59. The summed E-state index contributed by atoms with van der Waals surface area (Å²) in [6.45, 7) is 4.16. The average molecular weight is 382 g/mol. The molecule has 1 atom stereocenters. The molecule has 104 valence electrons. The lowest BCUT2D eigenvalue weighted by molar-refractivity contribution is -0.385.